The van der Waals surface area contributed by atoms with Gasteiger partial charge in [-0.2, -0.15) is 0 Å². The highest BCUT2D eigenvalue weighted by molar-refractivity contribution is 5.55. The zero-order chi connectivity index (χ0) is 20.7. The van der Waals surface area contributed by atoms with E-state index in [1.807, 2.05) is 24.3 Å². The van der Waals surface area contributed by atoms with Crippen LogP contribution < -0.4 is 28.4 Å². The third kappa shape index (κ3) is 4.55. The Morgan fingerprint density at radius 2 is 1.00 bits per heavy atom. The van der Waals surface area contributed by atoms with Crippen molar-refractivity contribution in [2.45, 2.75) is 25.7 Å². The fraction of sp³-hybridized carbons (Fsp3) is 0.455. The van der Waals surface area contributed by atoms with Gasteiger partial charge in [-0.05, 0) is 54.2 Å². The second-order valence-corrected chi connectivity index (χ2v) is 6.43. The summed E-state index contributed by atoms with van der Waals surface area (Å²) < 4.78 is 32.6. The average Bonchev–Trinajstić information content (AvgIpc) is 2.75. The number of aryl methyl sites for hydroxylation is 1. The third-order valence-electron chi connectivity index (χ3n) is 4.85. The number of hydrogen-bond donors (Lipinski definition) is 0. The molecule has 0 saturated heterocycles. The minimum atomic E-state index is 0.285. The van der Waals surface area contributed by atoms with Gasteiger partial charge in [0.2, 0.25) is 11.5 Å². The van der Waals surface area contributed by atoms with Crippen molar-refractivity contribution in [1.82, 2.24) is 0 Å². The predicted molar refractivity (Wildman–Crippen MR) is 109 cm³/mol. The van der Waals surface area contributed by atoms with Crippen LogP contribution in [0.4, 0.5) is 0 Å². The lowest BCUT2D eigenvalue weighted by molar-refractivity contribution is 0.323. The van der Waals surface area contributed by atoms with Crippen LogP contribution in [0.25, 0.3) is 0 Å². The van der Waals surface area contributed by atoms with Gasteiger partial charge in [0.05, 0.1) is 42.7 Å². The maximum Gasteiger partial charge on any atom is 0.203 e. The molecule has 2 aromatic rings. The Labute approximate surface area is 167 Å². The van der Waals surface area contributed by atoms with Gasteiger partial charge in [0.1, 0.15) is 0 Å². The summed E-state index contributed by atoms with van der Waals surface area (Å²) in [6, 6.07) is 7.98. The van der Waals surface area contributed by atoms with E-state index < -0.39 is 0 Å². The lowest BCUT2D eigenvalue weighted by Gasteiger charge is -2.18. The zero-order valence-corrected chi connectivity index (χ0v) is 17.8. The van der Waals surface area contributed by atoms with Crippen LogP contribution in [0.3, 0.4) is 0 Å². The van der Waals surface area contributed by atoms with E-state index in [0.29, 0.717) is 34.5 Å². The third-order valence-corrected chi connectivity index (χ3v) is 4.85. The smallest absolute Gasteiger partial charge is 0.203 e. The summed E-state index contributed by atoms with van der Waals surface area (Å²) in [7, 11) is 9.71. The molecule has 0 aliphatic rings. The monoisotopic (exact) mass is 390 g/mol. The predicted octanol–water partition coefficient (Wildman–Crippen LogP) is 4.47. The van der Waals surface area contributed by atoms with E-state index in [2.05, 4.69) is 6.92 Å². The number of methoxy groups -OCH3 is 6. The number of ether oxygens (including phenoxy) is 6. The molecule has 28 heavy (non-hydrogen) atoms. The molecule has 0 bridgehead atoms. The van der Waals surface area contributed by atoms with E-state index in [9.17, 15) is 0 Å². The van der Waals surface area contributed by atoms with Crippen molar-refractivity contribution >= 4 is 0 Å². The van der Waals surface area contributed by atoms with Gasteiger partial charge in [0.15, 0.2) is 23.0 Å². The standard InChI is InChI=1S/C22H30O6/c1-14(16-12-19(25-4)22(28-7)20(13-16)26-5)8-9-15-10-17(23-2)21(27-6)18(11-15)24-3/h10-14H,8-9H2,1-7H3. The Balaban J connectivity index is 2.23. The molecule has 154 valence electrons. The first-order chi connectivity index (χ1) is 13.5. The van der Waals surface area contributed by atoms with Gasteiger partial charge in [-0.15, -0.1) is 0 Å². The van der Waals surface area contributed by atoms with Crippen molar-refractivity contribution in [3.63, 3.8) is 0 Å². The molecule has 2 rings (SSSR count). The lowest BCUT2D eigenvalue weighted by Crippen LogP contribution is -2.02. The second kappa shape index (κ2) is 9.97. The Morgan fingerprint density at radius 3 is 1.36 bits per heavy atom. The quantitative estimate of drug-likeness (QED) is 0.596. The fourth-order valence-electron chi connectivity index (χ4n) is 3.22. The summed E-state index contributed by atoms with van der Waals surface area (Å²) in [6.45, 7) is 2.18. The first-order valence-electron chi connectivity index (χ1n) is 9.11. The molecule has 1 atom stereocenters. The van der Waals surface area contributed by atoms with E-state index in [1.165, 1.54) is 0 Å². The number of benzene rings is 2. The molecular weight excluding hydrogens is 360 g/mol. The molecule has 6 nitrogen and oxygen atoms in total. The number of hydrogen-bond acceptors (Lipinski definition) is 6. The SMILES string of the molecule is COc1cc(CCC(C)c2cc(OC)c(OC)c(OC)c2)cc(OC)c1OC. The molecular formula is C22H30O6. The van der Waals surface area contributed by atoms with Crippen molar-refractivity contribution in [2.75, 3.05) is 42.7 Å². The van der Waals surface area contributed by atoms with Crippen LogP contribution in [0.1, 0.15) is 30.4 Å². The maximum atomic E-state index is 5.47. The summed E-state index contributed by atoms with van der Waals surface area (Å²) in [6.07, 6.45) is 1.78. The van der Waals surface area contributed by atoms with E-state index >= 15 is 0 Å². The van der Waals surface area contributed by atoms with Crippen molar-refractivity contribution in [1.29, 1.82) is 0 Å². The molecule has 0 heterocycles. The van der Waals surface area contributed by atoms with Gasteiger partial charge in [-0.25, -0.2) is 0 Å². The molecule has 0 aromatic heterocycles. The van der Waals surface area contributed by atoms with Crippen LogP contribution >= 0.6 is 0 Å². The van der Waals surface area contributed by atoms with Gasteiger partial charge in [0, 0.05) is 0 Å². The Bertz CT molecular complexity index is 737. The molecule has 0 saturated carbocycles. The highest BCUT2D eigenvalue weighted by atomic mass is 16.5. The van der Waals surface area contributed by atoms with Gasteiger partial charge in [-0.1, -0.05) is 6.92 Å². The van der Waals surface area contributed by atoms with Gasteiger partial charge in [-0.3, -0.25) is 0 Å². The number of rotatable bonds is 10. The summed E-state index contributed by atoms with van der Waals surface area (Å²) in [4.78, 5) is 0. The highest BCUT2D eigenvalue weighted by Crippen LogP contribution is 2.41. The summed E-state index contributed by atoms with van der Waals surface area (Å²) >= 11 is 0. The van der Waals surface area contributed by atoms with E-state index in [-0.39, 0.29) is 5.92 Å². The maximum absolute atomic E-state index is 5.47. The van der Waals surface area contributed by atoms with Crippen molar-refractivity contribution in [2.24, 2.45) is 0 Å². The van der Waals surface area contributed by atoms with E-state index in [0.717, 1.165) is 24.0 Å². The zero-order valence-electron chi connectivity index (χ0n) is 17.8. The van der Waals surface area contributed by atoms with Gasteiger partial charge >= 0.3 is 0 Å². The van der Waals surface area contributed by atoms with Crippen LogP contribution in [0.2, 0.25) is 0 Å². The van der Waals surface area contributed by atoms with E-state index in [4.69, 9.17) is 28.4 Å². The largest absolute Gasteiger partial charge is 0.493 e. The first-order valence-corrected chi connectivity index (χ1v) is 9.11. The molecule has 0 aliphatic heterocycles. The summed E-state index contributed by atoms with van der Waals surface area (Å²) in [5.41, 5.74) is 2.25. The van der Waals surface area contributed by atoms with Crippen molar-refractivity contribution in [3.05, 3.63) is 35.4 Å². The summed E-state index contributed by atoms with van der Waals surface area (Å²) in [5.74, 6) is 4.15. The van der Waals surface area contributed by atoms with Crippen LogP contribution in [0.5, 0.6) is 34.5 Å². The molecule has 6 heteroatoms. The van der Waals surface area contributed by atoms with Crippen LogP contribution in [0.15, 0.2) is 24.3 Å². The van der Waals surface area contributed by atoms with Crippen molar-refractivity contribution < 1.29 is 28.4 Å². The van der Waals surface area contributed by atoms with Crippen LogP contribution in [-0.4, -0.2) is 42.7 Å². The molecule has 0 aliphatic carbocycles. The lowest BCUT2D eigenvalue weighted by atomic mass is 9.93. The fourth-order valence-corrected chi connectivity index (χ4v) is 3.22. The van der Waals surface area contributed by atoms with Crippen LogP contribution in [0, 0.1) is 0 Å². The molecule has 0 N–H and O–H groups in total. The molecule has 2 aromatic carbocycles. The van der Waals surface area contributed by atoms with Gasteiger partial charge in [0.25, 0.3) is 0 Å². The Kier molecular flexibility index (Phi) is 7.67. The minimum Gasteiger partial charge on any atom is -0.493 e. The molecule has 0 fully saturated rings. The van der Waals surface area contributed by atoms with Gasteiger partial charge < -0.3 is 28.4 Å². The average molecular weight is 390 g/mol. The highest BCUT2D eigenvalue weighted by Gasteiger charge is 2.18. The topological polar surface area (TPSA) is 55.4 Å². The molecule has 1 unspecified atom stereocenters. The minimum absolute atomic E-state index is 0.285. The Morgan fingerprint density at radius 1 is 0.607 bits per heavy atom. The Hall–Kier alpha value is -2.76. The summed E-state index contributed by atoms with van der Waals surface area (Å²) in [5, 5.41) is 0. The van der Waals surface area contributed by atoms with E-state index in [1.54, 1.807) is 42.7 Å². The van der Waals surface area contributed by atoms with Crippen LogP contribution in [-0.2, 0) is 6.42 Å². The van der Waals surface area contributed by atoms with Crippen molar-refractivity contribution in [3.8, 4) is 34.5 Å². The normalized spacial score (nSPS) is 11.5. The first kappa shape index (κ1) is 21.5. The second-order valence-electron chi connectivity index (χ2n) is 6.43. The molecule has 0 amide bonds. The molecule has 0 spiro atoms. The molecule has 0 radical (unpaired) electrons.